The van der Waals surface area contributed by atoms with Crippen molar-refractivity contribution in [3.63, 3.8) is 0 Å². The van der Waals surface area contributed by atoms with E-state index in [0.717, 1.165) is 41.5 Å². The number of nitrogens with zero attached hydrogens (tertiary/aromatic N) is 2. The molecule has 0 spiro atoms. The van der Waals surface area contributed by atoms with Gasteiger partial charge in [0.2, 0.25) is 23.6 Å². The fourth-order valence-corrected chi connectivity index (χ4v) is 8.74. The van der Waals surface area contributed by atoms with Crippen molar-refractivity contribution < 1.29 is 19.2 Å². The number of amides is 4. The minimum absolute atomic E-state index is 0.0817. The van der Waals surface area contributed by atoms with Gasteiger partial charge in [0.1, 0.15) is 0 Å². The number of fused-ring (bicyclic) bond motifs is 13. The lowest BCUT2D eigenvalue weighted by molar-refractivity contribution is -0.124. The van der Waals surface area contributed by atoms with Crippen LogP contribution in [0.1, 0.15) is 24.0 Å². The maximum atomic E-state index is 13.4. The van der Waals surface area contributed by atoms with Gasteiger partial charge in [0.05, 0.1) is 35.0 Å². The Kier molecular flexibility index (Phi) is 3.59. The number of allylic oxidation sites excluding steroid dienone is 4. The lowest BCUT2D eigenvalue weighted by atomic mass is 9.85. The average molecular weight is 489 g/mol. The highest BCUT2D eigenvalue weighted by Crippen LogP contribution is 2.55. The molecule has 4 bridgehead atoms. The second kappa shape index (κ2) is 6.55. The summed E-state index contributed by atoms with van der Waals surface area (Å²) in [6.45, 7) is 0. The average Bonchev–Trinajstić information content (AvgIpc) is 3.74. The second-order valence-corrected chi connectivity index (χ2v) is 11.9. The van der Waals surface area contributed by atoms with Crippen molar-refractivity contribution in [1.82, 2.24) is 0 Å². The van der Waals surface area contributed by atoms with Gasteiger partial charge in [-0.05, 0) is 89.5 Å². The van der Waals surface area contributed by atoms with E-state index in [1.54, 1.807) is 0 Å². The topological polar surface area (TPSA) is 74.8 Å². The Bertz CT molecular complexity index is 1390. The van der Waals surface area contributed by atoms with E-state index in [1.165, 1.54) is 9.80 Å². The first kappa shape index (κ1) is 20.3. The Hall–Kier alpha value is -3.80. The van der Waals surface area contributed by atoms with Gasteiger partial charge in [0.25, 0.3) is 0 Å². The summed E-state index contributed by atoms with van der Waals surface area (Å²) in [5, 5.41) is 0. The van der Waals surface area contributed by atoms with Gasteiger partial charge in [-0.15, -0.1) is 0 Å². The molecule has 2 aromatic carbocycles. The van der Waals surface area contributed by atoms with Gasteiger partial charge >= 0.3 is 0 Å². The van der Waals surface area contributed by atoms with E-state index in [4.69, 9.17) is 0 Å². The van der Waals surface area contributed by atoms with Crippen LogP contribution in [-0.2, 0) is 25.6 Å². The summed E-state index contributed by atoms with van der Waals surface area (Å²) in [4.78, 5) is 56.3. The summed E-state index contributed by atoms with van der Waals surface area (Å²) < 4.78 is 0. The molecule has 0 aromatic heterocycles. The Morgan fingerprint density at radius 2 is 0.865 bits per heavy atom. The normalized spacial score (nSPS) is 37.3. The summed E-state index contributed by atoms with van der Waals surface area (Å²) >= 11 is 0. The van der Waals surface area contributed by atoms with Crippen LogP contribution >= 0.6 is 0 Å². The van der Waals surface area contributed by atoms with Crippen LogP contribution in [-0.4, -0.2) is 23.6 Å². The van der Waals surface area contributed by atoms with Crippen LogP contribution in [0, 0.1) is 47.3 Å². The molecule has 8 atom stereocenters. The van der Waals surface area contributed by atoms with Crippen LogP contribution < -0.4 is 9.80 Å². The number of hydrogen-bond donors (Lipinski definition) is 0. The zero-order valence-corrected chi connectivity index (χ0v) is 20.0. The molecule has 5 aliphatic carbocycles. The fourth-order valence-electron chi connectivity index (χ4n) is 8.74. The molecule has 0 radical (unpaired) electrons. The van der Waals surface area contributed by atoms with E-state index < -0.39 is 0 Å². The van der Waals surface area contributed by atoms with Crippen LogP contribution in [0.25, 0.3) is 11.1 Å². The largest absolute Gasteiger partial charge is 0.274 e. The second-order valence-electron chi connectivity index (χ2n) is 11.9. The Morgan fingerprint density at radius 3 is 1.22 bits per heavy atom. The molecule has 9 rings (SSSR count). The Morgan fingerprint density at radius 1 is 0.514 bits per heavy atom. The summed E-state index contributed by atoms with van der Waals surface area (Å²) in [6, 6.07) is 11.7. The van der Waals surface area contributed by atoms with E-state index in [2.05, 4.69) is 24.3 Å². The first-order valence-electron chi connectivity index (χ1n) is 13.4. The molecule has 2 saturated carbocycles. The number of anilines is 2. The maximum Gasteiger partial charge on any atom is 0.238 e. The van der Waals surface area contributed by atoms with Crippen LogP contribution in [0.5, 0.6) is 0 Å². The highest BCUT2D eigenvalue weighted by Gasteiger charge is 2.60. The minimum Gasteiger partial charge on any atom is -0.274 e. The smallest absolute Gasteiger partial charge is 0.238 e. The number of rotatable bonds is 2. The third-order valence-electron chi connectivity index (χ3n) is 10.3. The summed E-state index contributed by atoms with van der Waals surface area (Å²) in [6.07, 6.45) is 11.0. The molecule has 6 heteroatoms. The van der Waals surface area contributed by atoms with Crippen molar-refractivity contribution in [2.45, 2.75) is 19.3 Å². The first-order valence-corrected chi connectivity index (χ1v) is 13.4. The molecule has 6 nitrogen and oxygen atoms in total. The van der Waals surface area contributed by atoms with Crippen molar-refractivity contribution in [1.29, 1.82) is 0 Å². The predicted octanol–water partition coefficient (Wildman–Crippen LogP) is 3.88. The molecule has 2 saturated heterocycles. The quantitative estimate of drug-likeness (QED) is 0.405. The molecular weight excluding hydrogens is 464 g/mol. The summed E-state index contributed by atoms with van der Waals surface area (Å²) in [7, 11) is 0. The van der Waals surface area contributed by atoms with Crippen molar-refractivity contribution >= 4 is 35.0 Å². The number of imide groups is 2. The zero-order valence-electron chi connectivity index (χ0n) is 20.0. The predicted molar refractivity (Wildman–Crippen MR) is 135 cm³/mol. The lowest BCUT2D eigenvalue weighted by Crippen LogP contribution is -2.33. The first-order chi connectivity index (χ1) is 18.0. The minimum atomic E-state index is -0.230. The molecular formula is C31H24N2O4. The Balaban J connectivity index is 1.08. The van der Waals surface area contributed by atoms with E-state index in [-0.39, 0.29) is 71.0 Å². The van der Waals surface area contributed by atoms with Crippen molar-refractivity contribution in [2.24, 2.45) is 47.3 Å². The number of carbonyl (C=O) groups excluding carboxylic acids is 4. The van der Waals surface area contributed by atoms with Gasteiger partial charge in [-0.3, -0.25) is 19.2 Å². The highest BCUT2D eigenvalue weighted by molar-refractivity contribution is 6.24. The number of carbonyl (C=O) groups is 4. The molecule has 2 aromatic rings. The van der Waals surface area contributed by atoms with Crippen molar-refractivity contribution in [3.8, 4) is 11.1 Å². The van der Waals surface area contributed by atoms with Crippen LogP contribution in [0.4, 0.5) is 11.4 Å². The number of benzene rings is 2. The van der Waals surface area contributed by atoms with Crippen molar-refractivity contribution in [2.75, 3.05) is 9.80 Å². The van der Waals surface area contributed by atoms with E-state index in [1.807, 2.05) is 36.4 Å². The van der Waals surface area contributed by atoms with Gasteiger partial charge < -0.3 is 0 Å². The molecule has 0 unspecified atom stereocenters. The van der Waals surface area contributed by atoms with Gasteiger partial charge in [-0.1, -0.05) is 36.4 Å². The maximum absolute atomic E-state index is 13.4. The van der Waals surface area contributed by atoms with Gasteiger partial charge in [0.15, 0.2) is 0 Å². The monoisotopic (exact) mass is 488 g/mol. The van der Waals surface area contributed by atoms with Gasteiger partial charge in [-0.25, -0.2) is 9.80 Å². The van der Waals surface area contributed by atoms with E-state index in [0.29, 0.717) is 11.4 Å². The van der Waals surface area contributed by atoms with Crippen LogP contribution in [0.15, 0.2) is 60.7 Å². The standard InChI is InChI=1S/C31H24N2O4/c34-28-24-16-1-2-17(10-16)25(24)29(35)32(28)20-7-5-14-9-15-6-8-21(13-23(15)22(14)12-20)33-30(36)26-18-3-4-19(11-18)27(26)31(33)37/h1-8,12-13,16-19,24-27H,9-11H2/t16-,17-,18-,19+,24-,25+,26-,27+/m0/s1. The van der Waals surface area contributed by atoms with E-state index in [9.17, 15) is 19.2 Å². The highest BCUT2D eigenvalue weighted by atomic mass is 16.2. The van der Waals surface area contributed by atoms with E-state index >= 15 is 0 Å². The Labute approximate surface area is 213 Å². The third kappa shape index (κ3) is 2.33. The molecule has 4 fully saturated rings. The van der Waals surface area contributed by atoms with Gasteiger partial charge in [-0.2, -0.15) is 0 Å². The third-order valence-corrected chi connectivity index (χ3v) is 10.3. The summed E-state index contributed by atoms with van der Waals surface area (Å²) in [5.41, 5.74) is 5.41. The molecule has 0 N–H and O–H groups in total. The molecule has 182 valence electrons. The molecule has 2 aliphatic heterocycles. The fraction of sp³-hybridized carbons (Fsp3) is 0.355. The molecule has 4 amide bonds. The summed E-state index contributed by atoms with van der Waals surface area (Å²) in [5.74, 6) is -0.546. The van der Waals surface area contributed by atoms with Crippen LogP contribution in [0.3, 0.4) is 0 Å². The van der Waals surface area contributed by atoms with Gasteiger partial charge in [0, 0.05) is 0 Å². The molecule has 2 heterocycles. The molecule has 7 aliphatic rings. The van der Waals surface area contributed by atoms with Crippen LogP contribution in [0.2, 0.25) is 0 Å². The van der Waals surface area contributed by atoms with Crippen molar-refractivity contribution in [3.05, 3.63) is 71.8 Å². The SMILES string of the molecule is O=C1[C@@H]2[C@H](C(=O)N1c1ccc3c(c1)-c1cc(N4C(=O)[C@@H]5[C@H](C4=O)[C@H]4C=C[C@H]5C4)ccc1C3)[C@@H]1C=C[C@H]2C1. The number of hydrogen-bond acceptors (Lipinski definition) is 4. The zero-order chi connectivity index (χ0) is 24.7. The molecule has 37 heavy (non-hydrogen) atoms. The lowest BCUT2D eigenvalue weighted by Gasteiger charge is -2.19.